The summed E-state index contributed by atoms with van der Waals surface area (Å²) in [7, 11) is 0. The van der Waals surface area contributed by atoms with Gasteiger partial charge in [-0.2, -0.15) is 0 Å². The topological polar surface area (TPSA) is 63.2 Å². The second kappa shape index (κ2) is 8.40. The Hall–Kier alpha value is -2.92. The lowest BCUT2D eigenvalue weighted by atomic mass is 10.1. The van der Waals surface area contributed by atoms with E-state index in [-0.39, 0.29) is 18.0 Å². The molecule has 1 aliphatic rings. The van der Waals surface area contributed by atoms with Crippen LogP contribution in [0.2, 0.25) is 0 Å². The first kappa shape index (κ1) is 18.4. The van der Waals surface area contributed by atoms with Gasteiger partial charge in [0.1, 0.15) is 17.9 Å². The van der Waals surface area contributed by atoms with E-state index in [1.165, 1.54) is 5.56 Å². The number of ether oxygens (including phenoxy) is 1. The Morgan fingerprint density at radius 3 is 2.82 bits per heavy atom. The maximum absolute atomic E-state index is 12.4. The Morgan fingerprint density at radius 2 is 1.96 bits per heavy atom. The van der Waals surface area contributed by atoms with Crippen LogP contribution in [-0.4, -0.2) is 30.1 Å². The number of carbonyl (C=O) groups is 1. The number of nitrogens with zero attached hydrogens (tertiary/aromatic N) is 1. The Bertz CT molecular complexity index is 958. The minimum absolute atomic E-state index is 0.0360. The Morgan fingerprint density at radius 1 is 1.11 bits per heavy atom. The van der Waals surface area contributed by atoms with Gasteiger partial charge in [-0.3, -0.25) is 10.1 Å². The van der Waals surface area contributed by atoms with Crippen LogP contribution in [0.15, 0.2) is 60.7 Å². The van der Waals surface area contributed by atoms with Gasteiger partial charge in [-0.1, -0.05) is 48.5 Å². The van der Waals surface area contributed by atoms with E-state index in [1.54, 1.807) is 0 Å². The second-order valence-corrected chi connectivity index (χ2v) is 7.18. The zero-order chi connectivity index (χ0) is 19.3. The number of aryl methyl sites for hydroxylation is 1. The number of carbonyl (C=O) groups excluding carboxylic acids is 1. The quantitative estimate of drug-likeness (QED) is 0.647. The van der Waals surface area contributed by atoms with Gasteiger partial charge in [-0.25, -0.2) is 4.98 Å². The maximum Gasteiger partial charge on any atom is 0.237 e. The SMILES string of the molecule is Cc1ccc2cccc(OCCNC(=O)[C@H]3CC[C@H](c4ccccc4)N3)c2n1. The summed E-state index contributed by atoms with van der Waals surface area (Å²) < 4.78 is 5.88. The molecule has 2 aromatic carbocycles. The Kier molecular flexibility index (Phi) is 5.53. The van der Waals surface area contributed by atoms with Gasteiger partial charge in [0.2, 0.25) is 5.91 Å². The van der Waals surface area contributed by atoms with E-state index < -0.39 is 0 Å². The summed E-state index contributed by atoms with van der Waals surface area (Å²) in [4.78, 5) is 17.0. The first-order valence-corrected chi connectivity index (χ1v) is 9.78. The van der Waals surface area contributed by atoms with Crippen molar-refractivity contribution < 1.29 is 9.53 Å². The van der Waals surface area contributed by atoms with Gasteiger partial charge in [0.25, 0.3) is 0 Å². The molecule has 3 aromatic rings. The van der Waals surface area contributed by atoms with Gasteiger partial charge in [-0.15, -0.1) is 0 Å². The van der Waals surface area contributed by atoms with Crippen LogP contribution in [0.1, 0.15) is 30.1 Å². The maximum atomic E-state index is 12.4. The summed E-state index contributed by atoms with van der Waals surface area (Å²) in [6, 6.07) is 20.3. The van der Waals surface area contributed by atoms with Gasteiger partial charge in [-0.05, 0) is 37.5 Å². The summed E-state index contributed by atoms with van der Waals surface area (Å²) in [5.74, 6) is 0.785. The first-order chi connectivity index (χ1) is 13.7. The molecule has 2 atom stereocenters. The largest absolute Gasteiger partial charge is 0.489 e. The van der Waals surface area contributed by atoms with E-state index in [0.717, 1.165) is 35.2 Å². The first-order valence-electron chi connectivity index (χ1n) is 9.78. The molecule has 1 fully saturated rings. The van der Waals surface area contributed by atoms with Gasteiger partial charge in [0.15, 0.2) is 0 Å². The summed E-state index contributed by atoms with van der Waals surface area (Å²) in [5.41, 5.74) is 3.05. The van der Waals surface area contributed by atoms with Gasteiger partial charge >= 0.3 is 0 Å². The summed E-state index contributed by atoms with van der Waals surface area (Å²) >= 11 is 0. The standard InChI is InChI=1S/C23H25N3O2/c1-16-10-11-18-8-5-9-21(22(18)25-16)28-15-14-24-23(27)20-13-12-19(26-20)17-6-3-2-4-7-17/h2-11,19-20,26H,12-15H2,1H3,(H,24,27)/t19-,20-/m1/s1. The lowest BCUT2D eigenvalue weighted by molar-refractivity contribution is -0.122. The minimum Gasteiger partial charge on any atom is -0.489 e. The zero-order valence-corrected chi connectivity index (χ0v) is 16.0. The zero-order valence-electron chi connectivity index (χ0n) is 16.0. The van der Waals surface area contributed by atoms with Crippen molar-refractivity contribution in [3.63, 3.8) is 0 Å². The van der Waals surface area contributed by atoms with Crippen LogP contribution in [0, 0.1) is 6.92 Å². The van der Waals surface area contributed by atoms with E-state index in [4.69, 9.17) is 4.74 Å². The van der Waals surface area contributed by atoms with Gasteiger partial charge < -0.3 is 10.1 Å². The van der Waals surface area contributed by atoms with Crippen molar-refractivity contribution in [3.8, 4) is 5.75 Å². The van der Waals surface area contributed by atoms with Gasteiger partial charge in [0.05, 0.1) is 12.6 Å². The number of pyridine rings is 1. The molecule has 1 amide bonds. The van der Waals surface area contributed by atoms with Crippen molar-refractivity contribution in [3.05, 3.63) is 71.9 Å². The predicted octanol–water partition coefficient (Wildman–Crippen LogP) is 3.53. The molecule has 0 spiro atoms. The van der Waals surface area contributed by atoms with Crippen molar-refractivity contribution in [2.75, 3.05) is 13.2 Å². The van der Waals surface area contributed by atoms with Crippen LogP contribution in [-0.2, 0) is 4.79 Å². The summed E-state index contributed by atoms with van der Waals surface area (Å²) in [6.45, 7) is 2.85. The third-order valence-corrected chi connectivity index (χ3v) is 5.15. The lowest BCUT2D eigenvalue weighted by Crippen LogP contribution is -2.42. The number of amides is 1. The molecular weight excluding hydrogens is 350 g/mol. The average molecular weight is 375 g/mol. The lowest BCUT2D eigenvalue weighted by Gasteiger charge is -2.15. The second-order valence-electron chi connectivity index (χ2n) is 7.18. The molecule has 1 aliphatic heterocycles. The average Bonchev–Trinajstić information content (AvgIpc) is 3.22. The van der Waals surface area contributed by atoms with E-state index in [9.17, 15) is 4.79 Å². The molecule has 1 saturated heterocycles. The highest BCUT2D eigenvalue weighted by atomic mass is 16.5. The highest BCUT2D eigenvalue weighted by Crippen LogP contribution is 2.26. The molecule has 0 unspecified atom stereocenters. The fourth-order valence-electron chi connectivity index (χ4n) is 3.69. The molecule has 0 bridgehead atoms. The number of fused-ring (bicyclic) bond motifs is 1. The van der Waals surface area contributed by atoms with E-state index >= 15 is 0 Å². The molecule has 0 radical (unpaired) electrons. The molecule has 144 valence electrons. The van der Waals surface area contributed by atoms with Crippen LogP contribution >= 0.6 is 0 Å². The third kappa shape index (κ3) is 4.15. The number of benzene rings is 2. The molecule has 5 nitrogen and oxygen atoms in total. The number of nitrogens with one attached hydrogen (secondary N) is 2. The number of hydrogen-bond acceptors (Lipinski definition) is 4. The van der Waals surface area contributed by atoms with Crippen molar-refractivity contribution >= 4 is 16.8 Å². The van der Waals surface area contributed by atoms with Gasteiger partial charge in [0, 0.05) is 17.1 Å². The van der Waals surface area contributed by atoms with Crippen molar-refractivity contribution in [2.24, 2.45) is 0 Å². The highest BCUT2D eigenvalue weighted by molar-refractivity contribution is 5.84. The summed E-state index contributed by atoms with van der Waals surface area (Å²) in [5, 5.41) is 7.46. The molecule has 5 heteroatoms. The predicted molar refractivity (Wildman–Crippen MR) is 110 cm³/mol. The molecule has 2 N–H and O–H groups in total. The smallest absolute Gasteiger partial charge is 0.237 e. The summed E-state index contributed by atoms with van der Waals surface area (Å²) in [6.07, 6.45) is 1.82. The molecule has 1 aromatic heterocycles. The highest BCUT2D eigenvalue weighted by Gasteiger charge is 2.29. The normalized spacial score (nSPS) is 18.9. The Labute approximate surface area is 165 Å². The number of para-hydroxylation sites is 1. The fourth-order valence-corrected chi connectivity index (χ4v) is 3.69. The Balaban J connectivity index is 1.27. The van der Waals surface area contributed by atoms with Crippen LogP contribution in [0.3, 0.4) is 0 Å². The third-order valence-electron chi connectivity index (χ3n) is 5.15. The number of rotatable bonds is 6. The molecule has 0 saturated carbocycles. The number of aromatic nitrogens is 1. The number of hydrogen-bond donors (Lipinski definition) is 2. The van der Waals surface area contributed by atoms with Crippen LogP contribution < -0.4 is 15.4 Å². The van der Waals surface area contributed by atoms with E-state index in [0.29, 0.717) is 13.2 Å². The minimum atomic E-state index is -0.146. The van der Waals surface area contributed by atoms with E-state index in [2.05, 4.69) is 27.8 Å². The van der Waals surface area contributed by atoms with Crippen molar-refractivity contribution in [2.45, 2.75) is 31.8 Å². The van der Waals surface area contributed by atoms with Crippen LogP contribution in [0.5, 0.6) is 5.75 Å². The monoisotopic (exact) mass is 375 g/mol. The van der Waals surface area contributed by atoms with Crippen LogP contribution in [0.4, 0.5) is 0 Å². The van der Waals surface area contributed by atoms with Crippen LogP contribution in [0.25, 0.3) is 10.9 Å². The van der Waals surface area contributed by atoms with E-state index in [1.807, 2.05) is 55.5 Å². The fraction of sp³-hybridized carbons (Fsp3) is 0.304. The van der Waals surface area contributed by atoms with Crippen molar-refractivity contribution in [1.82, 2.24) is 15.6 Å². The molecular formula is C23H25N3O2. The molecule has 28 heavy (non-hydrogen) atoms. The molecule has 4 rings (SSSR count). The molecule has 0 aliphatic carbocycles. The van der Waals surface area contributed by atoms with Crippen molar-refractivity contribution in [1.29, 1.82) is 0 Å². The molecule has 2 heterocycles.